The summed E-state index contributed by atoms with van der Waals surface area (Å²) in [4.78, 5) is 7.80. The lowest BCUT2D eigenvalue weighted by Crippen LogP contribution is -2.63. The number of hydrogen-bond donors (Lipinski definition) is 0. The molecule has 2 saturated heterocycles. The van der Waals surface area contributed by atoms with Gasteiger partial charge in [0.2, 0.25) is 0 Å². The van der Waals surface area contributed by atoms with E-state index in [-0.39, 0.29) is 0 Å². The van der Waals surface area contributed by atoms with Crippen molar-refractivity contribution < 1.29 is 0 Å². The fourth-order valence-corrected chi connectivity index (χ4v) is 4.72. The number of aromatic nitrogens is 1. The minimum absolute atomic E-state index is 0.387. The van der Waals surface area contributed by atoms with Crippen molar-refractivity contribution in [3.8, 4) is 0 Å². The molecule has 2 fully saturated rings. The van der Waals surface area contributed by atoms with Crippen molar-refractivity contribution in [1.82, 2.24) is 19.3 Å². The van der Waals surface area contributed by atoms with E-state index in [4.69, 9.17) is 0 Å². The maximum atomic E-state index is 2.69. The van der Waals surface area contributed by atoms with Crippen LogP contribution in [-0.4, -0.2) is 71.6 Å². The van der Waals surface area contributed by atoms with Crippen LogP contribution in [0.2, 0.25) is 0 Å². The van der Waals surface area contributed by atoms with Crippen molar-refractivity contribution in [2.75, 3.05) is 46.8 Å². The van der Waals surface area contributed by atoms with Gasteiger partial charge in [0.15, 0.2) is 0 Å². The number of piperazine rings is 1. The molecular weight excluding hydrogens is 308 g/mol. The summed E-state index contributed by atoms with van der Waals surface area (Å²) in [5, 5.41) is 1.36. The van der Waals surface area contributed by atoms with Crippen molar-refractivity contribution in [3.63, 3.8) is 0 Å². The van der Waals surface area contributed by atoms with Crippen LogP contribution in [0.15, 0.2) is 30.5 Å². The van der Waals surface area contributed by atoms with E-state index in [9.17, 15) is 0 Å². The summed E-state index contributed by atoms with van der Waals surface area (Å²) in [6, 6.07) is 9.24. The number of aryl methyl sites for hydroxylation is 1. The Morgan fingerprint density at radius 2 is 1.80 bits per heavy atom. The molecule has 25 heavy (non-hydrogen) atoms. The lowest BCUT2D eigenvalue weighted by Gasteiger charge is -2.52. The number of hydrogen-bond acceptors (Lipinski definition) is 3. The van der Waals surface area contributed by atoms with Crippen LogP contribution in [0, 0.1) is 0 Å². The van der Waals surface area contributed by atoms with Gasteiger partial charge in [-0.05, 0) is 70.0 Å². The van der Waals surface area contributed by atoms with Gasteiger partial charge in [0, 0.05) is 50.0 Å². The first-order chi connectivity index (χ1) is 12.1. The second-order valence-electron chi connectivity index (χ2n) is 8.15. The molecule has 4 nitrogen and oxygen atoms in total. The monoisotopic (exact) mass is 340 g/mol. The molecule has 0 aliphatic carbocycles. The summed E-state index contributed by atoms with van der Waals surface area (Å²) in [6.07, 6.45) is 4.81. The van der Waals surface area contributed by atoms with Crippen molar-refractivity contribution in [3.05, 3.63) is 36.0 Å². The maximum Gasteiger partial charge on any atom is 0.0483 e. The summed E-state index contributed by atoms with van der Waals surface area (Å²) < 4.78 is 2.35. The number of nitrogens with zero attached hydrogens (tertiary/aromatic N) is 4. The van der Waals surface area contributed by atoms with E-state index in [1.165, 1.54) is 62.0 Å². The summed E-state index contributed by atoms with van der Waals surface area (Å²) >= 11 is 0. The van der Waals surface area contributed by atoms with Gasteiger partial charge in [-0.2, -0.15) is 0 Å². The Bertz CT molecular complexity index is 727. The highest BCUT2D eigenvalue weighted by molar-refractivity contribution is 5.80. The molecule has 2 aliphatic rings. The average Bonchev–Trinajstić information content (AvgIpc) is 3.03. The molecule has 4 rings (SSSR count). The molecule has 136 valence electrons. The molecule has 1 aromatic heterocycles. The first-order valence-electron chi connectivity index (χ1n) is 9.79. The quantitative estimate of drug-likeness (QED) is 0.854. The number of likely N-dealkylation sites (N-methyl/N-ethyl adjacent to an activating group) is 1. The van der Waals surface area contributed by atoms with Gasteiger partial charge in [0.25, 0.3) is 0 Å². The second-order valence-corrected chi connectivity index (χ2v) is 8.15. The van der Waals surface area contributed by atoms with Gasteiger partial charge in [0.1, 0.15) is 0 Å². The van der Waals surface area contributed by atoms with E-state index in [2.05, 4.69) is 70.7 Å². The number of fused-ring (bicyclic) bond motifs is 1. The van der Waals surface area contributed by atoms with Crippen LogP contribution in [0.1, 0.15) is 25.3 Å². The zero-order chi connectivity index (χ0) is 17.4. The summed E-state index contributed by atoms with van der Waals surface area (Å²) in [7, 11) is 4.59. The van der Waals surface area contributed by atoms with E-state index in [1.54, 1.807) is 0 Å². The van der Waals surface area contributed by atoms with Gasteiger partial charge in [-0.1, -0.05) is 12.1 Å². The summed E-state index contributed by atoms with van der Waals surface area (Å²) in [6.45, 7) is 10.4. The van der Waals surface area contributed by atoms with Gasteiger partial charge in [-0.25, -0.2) is 0 Å². The Morgan fingerprint density at radius 1 is 1.00 bits per heavy atom. The first kappa shape index (κ1) is 17.1. The van der Waals surface area contributed by atoms with Gasteiger partial charge in [0.05, 0.1) is 0 Å². The molecule has 0 N–H and O–H groups in total. The van der Waals surface area contributed by atoms with E-state index in [0.717, 1.165) is 13.1 Å². The molecule has 1 aromatic carbocycles. The fourth-order valence-electron chi connectivity index (χ4n) is 4.72. The Kier molecular flexibility index (Phi) is 4.61. The molecule has 0 bridgehead atoms. The van der Waals surface area contributed by atoms with E-state index < -0.39 is 0 Å². The largest absolute Gasteiger partial charge is 0.348 e. The minimum Gasteiger partial charge on any atom is -0.348 e. The smallest absolute Gasteiger partial charge is 0.0483 e. The number of benzene rings is 1. The van der Waals surface area contributed by atoms with Crippen molar-refractivity contribution in [2.45, 2.75) is 38.4 Å². The van der Waals surface area contributed by atoms with Crippen molar-refractivity contribution in [1.29, 1.82) is 0 Å². The first-order valence-corrected chi connectivity index (χ1v) is 9.79. The second kappa shape index (κ2) is 6.75. The molecular formula is C21H32N4. The van der Waals surface area contributed by atoms with Crippen LogP contribution in [-0.2, 0) is 13.1 Å². The SMILES string of the molecule is CCn1ccc2ccc(CN3CCN(C)C4(CCN(C)CC4)C3)cc21. The van der Waals surface area contributed by atoms with Crippen LogP contribution in [0.3, 0.4) is 0 Å². The Morgan fingerprint density at radius 3 is 2.56 bits per heavy atom. The molecule has 0 unspecified atom stereocenters. The van der Waals surface area contributed by atoms with Gasteiger partial charge in [-0.3, -0.25) is 9.80 Å². The Labute approximate surface area is 152 Å². The van der Waals surface area contributed by atoms with Crippen molar-refractivity contribution in [2.24, 2.45) is 0 Å². The van der Waals surface area contributed by atoms with Crippen LogP contribution in [0.4, 0.5) is 0 Å². The molecule has 0 amide bonds. The molecule has 2 aliphatic heterocycles. The zero-order valence-corrected chi connectivity index (χ0v) is 16.0. The fraction of sp³-hybridized carbons (Fsp3) is 0.619. The molecule has 0 saturated carbocycles. The predicted molar refractivity (Wildman–Crippen MR) is 105 cm³/mol. The van der Waals surface area contributed by atoms with Crippen LogP contribution in [0.5, 0.6) is 0 Å². The number of likely N-dealkylation sites (tertiary alicyclic amines) is 1. The molecule has 1 spiro atoms. The van der Waals surface area contributed by atoms with Gasteiger partial charge >= 0.3 is 0 Å². The predicted octanol–water partition coefficient (Wildman–Crippen LogP) is 2.87. The van der Waals surface area contributed by atoms with Gasteiger partial charge in [-0.15, -0.1) is 0 Å². The highest BCUT2D eigenvalue weighted by Crippen LogP contribution is 2.32. The minimum atomic E-state index is 0.387. The average molecular weight is 341 g/mol. The summed E-state index contributed by atoms with van der Waals surface area (Å²) in [5.74, 6) is 0. The molecule has 0 atom stereocenters. The number of piperidine rings is 1. The van der Waals surface area contributed by atoms with E-state index in [1.807, 2.05) is 0 Å². The maximum absolute atomic E-state index is 2.69. The zero-order valence-electron chi connectivity index (χ0n) is 16.0. The lowest BCUT2D eigenvalue weighted by atomic mass is 9.84. The third-order valence-electron chi connectivity index (χ3n) is 6.58. The Hall–Kier alpha value is -1.36. The van der Waals surface area contributed by atoms with E-state index in [0.29, 0.717) is 5.54 Å². The van der Waals surface area contributed by atoms with Crippen molar-refractivity contribution >= 4 is 10.9 Å². The molecule has 4 heteroatoms. The van der Waals surface area contributed by atoms with Crippen LogP contribution >= 0.6 is 0 Å². The standard InChI is InChI=1S/C21H32N4/c1-4-25-10-7-19-6-5-18(15-20(19)25)16-24-14-13-23(3)21(17-24)8-11-22(2)12-9-21/h5-7,10,15H,4,8-9,11-14,16-17H2,1-3H3. The van der Waals surface area contributed by atoms with Crippen LogP contribution in [0.25, 0.3) is 10.9 Å². The lowest BCUT2D eigenvalue weighted by molar-refractivity contribution is -0.0257. The Balaban J connectivity index is 1.50. The van der Waals surface area contributed by atoms with Gasteiger partial charge < -0.3 is 9.47 Å². The topological polar surface area (TPSA) is 14.7 Å². The normalized spacial score (nSPS) is 22.8. The highest BCUT2D eigenvalue weighted by atomic mass is 15.3. The molecule has 3 heterocycles. The molecule has 0 radical (unpaired) electrons. The third-order valence-corrected chi connectivity index (χ3v) is 6.58. The summed E-state index contributed by atoms with van der Waals surface area (Å²) in [5.41, 5.74) is 3.22. The van der Waals surface area contributed by atoms with E-state index >= 15 is 0 Å². The number of rotatable bonds is 3. The molecule has 2 aromatic rings. The highest BCUT2D eigenvalue weighted by Gasteiger charge is 2.41. The van der Waals surface area contributed by atoms with Crippen LogP contribution < -0.4 is 0 Å². The third kappa shape index (κ3) is 3.23.